The number of carboxylic acids is 1. The van der Waals surface area contributed by atoms with Gasteiger partial charge in [0.15, 0.2) is 0 Å². The Morgan fingerprint density at radius 2 is 1.86 bits per heavy atom. The minimum atomic E-state index is -0.964. The molecule has 3 rings (SSSR count). The second kappa shape index (κ2) is 5.54. The summed E-state index contributed by atoms with van der Waals surface area (Å²) in [7, 11) is 0. The van der Waals surface area contributed by atoms with E-state index in [9.17, 15) is 9.90 Å². The highest BCUT2D eigenvalue weighted by Gasteiger charge is 2.10. The van der Waals surface area contributed by atoms with E-state index in [4.69, 9.17) is 0 Å². The maximum atomic E-state index is 11.3. The van der Waals surface area contributed by atoms with E-state index in [1.807, 2.05) is 24.3 Å². The Bertz CT molecular complexity index is 833. The van der Waals surface area contributed by atoms with E-state index >= 15 is 0 Å². The smallest absolute Gasteiger partial charge is 0.337 e. The summed E-state index contributed by atoms with van der Waals surface area (Å²) in [6.07, 6.45) is 1.72. The first kappa shape index (κ1) is 13.6. The van der Waals surface area contributed by atoms with Crippen LogP contribution in [0.1, 0.15) is 10.4 Å². The quantitative estimate of drug-likeness (QED) is 0.738. The van der Waals surface area contributed by atoms with E-state index in [2.05, 4.69) is 26.2 Å². The van der Waals surface area contributed by atoms with Crippen LogP contribution < -0.4 is 5.32 Å². The van der Waals surface area contributed by atoms with Gasteiger partial charge in [0.1, 0.15) is 0 Å². The third-order valence-corrected chi connectivity index (χ3v) is 3.54. The molecule has 1 heterocycles. The van der Waals surface area contributed by atoms with Crippen molar-refractivity contribution in [1.29, 1.82) is 0 Å². The van der Waals surface area contributed by atoms with Gasteiger partial charge in [0, 0.05) is 16.1 Å². The molecule has 2 N–H and O–H groups in total. The van der Waals surface area contributed by atoms with Crippen molar-refractivity contribution in [3.8, 4) is 0 Å². The number of anilines is 2. The van der Waals surface area contributed by atoms with E-state index in [0.29, 0.717) is 5.69 Å². The van der Waals surface area contributed by atoms with Crippen molar-refractivity contribution in [1.82, 2.24) is 4.98 Å². The third-order valence-electron chi connectivity index (χ3n) is 3.10. The van der Waals surface area contributed by atoms with Gasteiger partial charge in [0.25, 0.3) is 0 Å². The summed E-state index contributed by atoms with van der Waals surface area (Å²) < 4.78 is 0.901. The number of nitrogens with zero attached hydrogens (tertiary/aromatic N) is 1. The fourth-order valence-electron chi connectivity index (χ4n) is 2.16. The molecule has 21 heavy (non-hydrogen) atoms. The lowest BCUT2D eigenvalue weighted by Gasteiger charge is -2.11. The Morgan fingerprint density at radius 1 is 1.10 bits per heavy atom. The number of nitrogens with one attached hydrogen (secondary N) is 1. The lowest BCUT2D eigenvalue weighted by molar-refractivity contribution is 0.0698. The second-order valence-corrected chi connectivity index (χ2v) is 5.42. The highest BCUT2D eigenvalue weighted by molar-refractivity contribution is 9.10. The summed E-state index contributed by atoms with van der Waals surface area (Å²) >= 11 is 3.39. The molecule has 104 valence electrons. The number of pyridine rings is 1. The van der Waals surface area contributed by atoms with E-state index in [-0.39, 0.29) is 5.56 Å². The van der Waals surface area contributed by atoms with Crippen molar-refractivity contribution in [3.05, 3.63) is 64.8 Å². The molecule has 0 amide bonds. The molecule has 0 aliphatic rings. The first-order chi connectivity index (χ1) is 10.1. The van der Waals surface area contributed by atoms with Crippen LogP contribution in [0.2, 0.25) is 0 Å². The lowest BCUT2D eigenvalue weighted by Crippen LogP contribution is -2.02. The van der Waals surface area contributed by atoms with Gasteiger partial charge < -0.3 is 10.4 Å². The molecule has 2 aromatic carbocycles. The first-order valence-corrected chi connectivity index (χ1v) is 7.08. The lowest BCUT2D eigenvalue weighted by atomic mass is 10.1. The first-order valence-electron chi connectivity index (χ1n) is 6.29. The summed E-state index contributed by atoms with van der Waals surface area (Å²) in [5, 5.41) is 13.4. The van der Waals surface area contributed by atoms with Gasteiger partial charge in [0.2, 0.25) is 0 Å². The maximum absolute atomic E-state index is 11.3. The molecule has 5 heteroatoms. The molecule has 1 aromatic heterocycles. The van der Waals surface area contributed by atoms with Crippen LogP contribution in [-0.2, 0) is 0 Å². The van der Waals surface area contributed by atoms with Gasteiger partial charge in [-0.25, -0.2) is 4.79 Å². The van der Waals surface area contributed by atoms with Crippen molar-refractivity contribution in [2.75, 3.05) is 5.32 Å². The molecule has 4 nitrogen and oxygen atoms in total. The summed E-state index contributed by atoms with van der Waals surface area (Å²) in [6, 6.07) is 14.5. The Labute approximate surface area is 129 Å². The monoisotopic (exact) mass is 342 g/mol. The number of rotatable bonds is 3. The number of aromatic nitrogens is 1. The molecule has 0 aliphatic heterocycles. The molecule has 0 unspecified atom stereocenters. The molecule has 0 saturated carbocycles. The molecular weight excluding hydrogens is 332 g/mol. The van der Waals surface area contributed by atoms with Gasteiger partial charge in [-0.3, -0.25) is 4.98 Å². The number of fused-ring (bicyclic) bond motifs is 1. The van der Waals surface area contributed by atoms with Crippen molar-refractivity contribution in [2.24, 2.45) is 0 Å². The Kier molecular flexibility index (Phi) is 3.58. The van der Waals surface area contributed by atoms with Crippen molar-refractivity contribution < 1.29 is 9.90 Å². The zero-order valence-electron chi connectivity index (χ0n) is 10.9. The molecule has 0 aliphatic carbocycles. The highest BCUT2D eigenvalue weighted by atomic mass is 79.9. The molecule has 3 aromatic rings. The second-order valence-electron chi connectivity index (χ2n) is 4.51. The summed E-state index contributed by atoms with van der Waals surface area (Å²) in [5.41, 5.74) is 2.34. The molecule has 0 fully saturated rings. The van der Waals surface area contributed by atoms with Gasteiger partial charge in [-0.05, 0) is 40.2 Å². The normalized spacial score (nSPS) is 10.5. The number of carbonyl (C=O) groups is 1. The number of halogens is 1. The number of hydrogen-bond acceptors (Lipinski definition) is 3. The minimum absolute atomic E-state index is 0.228. The Morgan fingerprint density at radius 3 is 2.67 bits per heavy atom. The Hall–Kier alpha value is -2.40. The Balaban J connectivity index is 2.09. The predicted octanol–water partition coefficient (Wildman–Crippen LogP) is 4.44. The van der Waals surface area contributed by atoms with E-state index in [1.165, 1.54) is 0 Å². The van der Waals surface area contributed by atoms with E-state index in [1.54, 1.807) is 30.5 Å². The van der Waals surface area contributed by atoms with Crippen LogP contribution in [-0.4, -0.2) is 16.1 Å². The van der Waals surface area contributed by atoms with Crippen LogP contribution in [0.5, 0.6) is 0 Å². The van der Waals surface area contributed by atoms with Crippen LogP contribution in [0.25, 0.3) is 10.9 Å². The van der Waals surface area contributed by atoms with Gasteiger partial charge >= 0.3 is 5.97 Å². The van der Waals surface area contributed by atoms with E-state index in [0.717, 1.165) is 21.1 Å². The molecule has 0 radical (unpaired) electrons. The average Bonchev–Trinajstić information content (AvgIpc) is 2.47. The summed E-state index contributed by atoms with van der Waals surface area (Å²) in [6.45, 7) is 0. The third kappa shape index (κ3) is 2.73. The molecule has 0 saturated heterocycles. The number of carboxylic acid groups (broad SMARTS) is 1. The fourth-order valence-corrected chi connectivity index (χ4v) is 2.51. The van der Waals surface area contributed by atoms with Crippen LogP contribution in [0, 0.1) is 0 Å². The molecule has 0 bridgehead atoms. The zero-order valence-corrected chi connectivity index (χ0v) is 12.5. The largest absolute Gasteiger partial charge is 0.478 e. The maximum Gasteiger partial charge on any atom is 0.337 e. The number of hydrogen-bond donors (Lipinski definition) is 2. The van der Waals surface area contributed by atoms with E-state index < -0.39 is 5.97 Å². The van der Waals surface area contributed by atoms with Crippen LogP contribution in [0.15, 0.2) is 59.2 Å². The number of para-hydroxylation sites is 2. The van der Waals surface area contributed by atoms with Crippen molar-refractivity contribution >= 4 is 44.2 Å². The van der Waals surface area contributed by atoms with Gasteiger partial charge in [-0.1, -0.05) is 24.3 Å². The van der Waals surface area contributed by atoms with Crippen LogP contribution in [0.4, 0.5) is 11.4 Å². The summed E-state index contributed by atoms with van der Waals surface area (Å²) in [5.74, 6) is -0.964. The number of benzene rings is 2. The SMILES string of the molecule is O=C(O)c1ccccc1Nc1cccc2cc(Br)cnc12. The standard InChI is InChI=1S/C16H11BrN2O2/c17-11-8-10-4-3-7-14(15(10)18-9-11)19-13-6-2-1-5-12(13)16(20)21/h1-9,19H,(H,20,21). The van der Waals surface area contributed by atoms with Gasteiger partial charge in [-0.15, -0.1) is 0 Å². The molecule has 0 spiro atoms. The summed E-state index contributed by atoms with van der Waals surface area (Å²) in [4.78, 5) is 15.7. The van der Waals surface area contributed by atoms with Crippen LogP contribution in [0.3, 0.4) is 0 Å². The fraction of sp³-hybridized carbons (Fsp3) is 0. The number of aromatic carboxylic acids is 1. The minimum Gasteiger partial charge on any atom is -0.478 e. The van der Waals surface area contributed by atoms with Crippen molar-refractivity contribution in [3.63, 3.8) is 0 Å². The average molecular weight is 343 g/mol. The molecular formula is C16H11BrN2O2. The van der Waals surface area contributed by atoms with Gasteiger partial charge in [0.05, 0.1) is 22.5 Å². The molecule has 0 atom stereocenters. The predicted molar refractivity (Wildman–Crippen MR) is 86.1 cm³/mol. The topological polar surface area (TPSA) is 62.2 Å². The van der Waals surface area contributed by atoms with Gasteiger partial charge in [-0.2, -0.15) is 0 Å². The van der Waals surface area contributed by atoms with Crippen molar-refractivity contribution in [2.45, 2.75) is 0 Å². The highest BCUT2D eigenvalue weighted by Crippen LogP contribution is 2.28. The zero-order chi connectivity index (χ0) is 14.8. The van der Waals surface area contributed by atoms with Crippen LogP contribution >= 0.6 is 15.9 Å².